The number of amides is 1. The molecule has 1 aliphatic carbocycles. The van der Waals surface area contributed by atoms with Gasteiger partial charge < -0.3 is 4.74 Å². The number of hydrogen-bond acceptors (Lipinski definition) is 6. The van der Waals surface area contributed by atoms with Gasteiger partial charge in [0, 0.05) is 17.0 Å². The van der Waals surface area contributed by atoms with Crippen molar-refractivity contribution in [2.24, 2.45) is 0 Å². The molecule has 3 aromatic rings. The summed E-state index contributed by atoms with van der Waals surface area (Å²) in [7, 11) is -3.47. The minimum Gasteiger partial charge on any atom is -0.473 e. The summed E-state index contributed by atoms with van der Waals surface area (Å²) in [5.41, 5.74) is 0.303. The van der Waals surface area contributed by atoms with Crippen LogP contribution in [0.15, 0.2) is 52.7 Å². The summed E-state index contributed by atoms with van der Waals surface area (Å²) in [6.45, 7) is 0. The summed E-state index contributed by atoms with van der Waals surface area (Å²) in [5, 5.41) is 3.97. The quantitative estimate of drug-likeness (QED) is 0.533. The molecule has 1 saturated carbocycles. The van der Waals surface area contributed by atoms with Crippen molar-refractivity contribution in [2.75, 3.05) is 5.32 Å². The molecule has 10 heteroatoms. The van der Waals surface area contributed by atoms with Crippen LogP contribution in [0.25, 0.3) is 0 Å². The van der Waals surface area contributed by atoms with Crippen LogP contribution in [0, 0.1) is 17.8 Å². The molecule has 1 atom stereocenters. The number of carbonyl (C=O) groups is 1. The molecule has 1 N–H and O–H groups in total. The first-order valence-corrected chi connectivity index (χ1v) is 12.4. The van der Waals surface area contributed by atoms with E-state index in [1.807, 2.05) is 0 Å². The summed E-state index contributed by atoms with van der Waals surface area (Å²) < 4.78 is 58.7. The minimum absolute atomic E-state index is 0.162. The maximum absolute atomic E-state index is 14.2. The van der Waals surface area contributed by atoms with Gasteiger partial charge in [-0.05, 0) is 37.1 Å². The zero-order valence-corrected chi connectivity index (χ0v) is 18.4. The maximum Gasteiger partial charge on any atom is 0.271 e. The molecule has 1 aromatic heterocycles. The van der Waals surface area contributed by atoms with Crippen molar-refractivity contribution in [2.45, 2.75) is 41.9 Å². The largest absolute Gasteiger partial charge is 0.473 e. The number of hydrogen-bond donors (Lipinski definition) is 1. The van der Waals surface area contributed by atoms with Gasteiger partial charge in [0.05, 0.1) is 10.1 Å². The summed E-state index contributed by atoms with van der Waals surface area (Å²) in [6.07, 6.45) is 4.28. The Morgan fingerprint density at radius 1 is 1.16 bits per heavy atom. The highest BCUT2D eigenvalue weighted by Gasteiger charge is 2.31. The number of benzene rings is 2. The average Bonchev–Trinajstić information content (AvgIpc) is 3.48. The molecule has 0 bridgehead atoms. The molecule has 4 rings (SSSR count). The number of thiazole rings is 1. The molecule has 1 fully saturated rings. The average molecular weight is 478 g/mol. The van der Waals surface area contributed by atoms with Gasteiger partial charge in [0.15, 0.2) is 26.5 Å². The third-order valence-corrected chi connectivity index (χ3v) is 8.17. The molecule has 1 amide bonds. The highest BCUT2D eigenvalue weighted by Crippen LogP contribution is 2.31. The Morgan fingerprint density at radius 2 is 1.88 bits per heavy atom. The number of aromatic nitrogens is 1. The van der Waals surface area contributed by atoms with Crippen LogP contribution in [0.4, 0.5) is 13.9 Å². The van der Waals surface area contributed by atoms with Crippen molar-refractivity contribution in [1.29, 1.82) is 0 Å². The number of rotatable bonds is 7. The van der Waals surface area contributed by atoms with Crippen LogP contribution in [-0.4, -0.2) is 24.6 Å². The third-order valence-electron chi connectivity index (χ3n) is 5.25. The van der Waals surface area contributed by atoms with E-state index in [-0.39, 0.29) is 15.8 Å². The van der Waals surface area contributed by atoms with E-state index in [4.69, 9.17) is 4.74 Å². The van der Waals surface area contributed by atoms with E-state index in [0.29, 0.717) is 24.5 Å². The Balaban J connectivity index is 1.63. The van der Waals surface area contributed by atoms with E-state index in [1.165, 1.54) is 24.3 Å². The van der Waals surface area contributed by atoms with Crippen LogP contribution < -0.4 is 10.1 Å². The van der Waals surface area contributed by atoms with Crippen LogP contribution in [0.3, 0.4) is 0 Å². The zero-order valence-electron chi connectivity index (χ0n) is 16.8. The topological polar surface area (TPSA) is 85.4 Å². The SMILES string of the molecule is O=C(Nc1n[c]cs1)C(Oc1ccc(F)cc1F)c1ccc(S(=O)(=O)C2CCCC2)cc1. The van der Waals surface area contributed by atoms with Crippen LogP contribution in [0.5, 0.6) is 5.75 Å². The second-order valence-corrected chi connectivity index (χ2v) is 10.5. The fourth-order valence-corrected chi connectivity index (χ4v) is 5.95. The minimum atomic E-state index is -3.47. The summed E-state index contributed by atoms with van der Waals surface area (Å²) in [4.78, 5) is 16.9. The number of halogens is 2. The van der Waals surface area contributed by atoms with Gasteiger partial charge in [0.25, 0.3) is 5.91 Å². The van der Waals surface area contributed by atoms with Crippen LogP contribution in [-0.2, 0) is 14.6 Å². The smallest absolute Gasteiger partial charge is 0.271 e. The predicted molar refractivity (Wildman–Crippen MR) is 115 cm³/mol. The molecular weight excluding hydrogens is 458 g/mol. The Kier molecular flexibility index (Phi) is 6.52. The van der Waals surface area contributed by atoms with Gasteiger partial charge in [0.1, 0.15) is 12.0 Å². The monoisotopic (exact) mass is 477 g/mol. The van der Waals surface area contributed by atoms with Gasteiger partial charge in [-0.2, -0.15) is 0 Å². The highest BCUT2D eigenvalue weighted by molar-refractivity contribution is 7.92. The number of carbonyl (C=O) groups excluding carboxylic acids is 1. The van der Waals surface area contributed by atoms with Crippen molar-refractivity contribution >= 4 is 32.2 Å². The van der Waals surface area contributed by atoms with Crippen molar-refractivity contribution in [3.05, 3.63) is 71.2 Å². The first-order valence-electron chi connectivity index (χ1n) is 9.92. The summed E-state index contributed by atoms with van der Waals surface area (Å²) in [5.74, 6) is -2.72. The van der Waals surface area contributed by atoms with Crippen molar-refractivity contribution in [3.8, 4) is 5.75 Å². The second kappa shape index (κ2) is 9.33. The van der Waals surface area contributed by atoms with Crippen LogP contribution >= 0.6 is 11.3 Å². The van der Waals surface area contributed by atoms with Crippen LogP contribution in [0.2, 0.25) is 0 Å². The van der Waals surface area contributed by atoms with Crippen molar-refractivity contribution in [1.82, 2.24) is 4.98 Å². The number of sulfone groups is 1. The Hall–Kier alpha value is -2.85. The van der Waals surface area contributed by atoms with Gasteiger partial charge >= 0.3 is 0 Å². The Morgan fingerprint density at radius 3 is 2.50 bits per heavy atom. The molecule has 167 valence electrons. The highest BCUT2D eigenvalue weighted by atomic mass is 32.2. The zero-order chi connectivity index (χ0) is 22.7. The standard InChI is InChI=1S/C22H19F2N2O4S2/c23-15-7-10-19(18(24)13-15)30-20(21(27)26-22-25-11-12-31-22)14-5-8-17(9-6-14)32(28,29)16-3-1-2-4-16/h5-10,12-13,16,20H,1-4H2,(H,25,26,27). The molecule has 1 radical (unpaired) electrons. The Bertz CT molecular complexity index is 1190. The maximum atomic E-state index is 14.2. The number of nitrogens with one attached hydrogen (secondary N) is 1. The number of nitrogens with zero attached hydrogens (tertiary/aromatic N) is 1. The lowest BCUT2D eigenvalue weighted by Gasteiger charge is -2.19. The second-order valence-electron chi connectivity index (χ2n) is 7.36. The van der Waals surface area contributed by atoms with Gasteiger partial charge in [-0.3, -0.25) is 10.1 Å². The van der Waals surface area contributed by atoms with E-state index in [2.05, 4.69) is 16.5 Å². The molecule has 2 aromatic carbocycles. The van der Waals surface area contributed by atoms with E-state index in [0.717, 1.165) is 36.3 Å². The van der Waals surface area contributed by atoms with Gasteiger partial charge in [-0.1, -0.05) is 25.0 Å². The molecular formula is C22H19F2N2O4S2. The molecule has 0 saturated heterocycles. The third kappa shape index (κ3) is 4.81. The molecule has 1 heterocycles. The molecule has 1 unspecified atom stereocenters. The Labute approximate surface area is 188 Å². The van der Waals surface area contributed by atoms with E-state index >= 15 is 0 Å². The number of ether oxygens (including phenoxy) is 1. The lowest BCUT2D eigenvalue weighted by Crippen LogP contribution is -2.26. The molecule has 32 heavy (non-hydrogen) atoms. The van der Waals surface area contributed by atoms with Crippen molar-refractivity contribution in [3.63, 3.8) is 0 Å². The predicted octanol–water partition coefficient (Wildman–Crippen LogP) is 4.70. The van der Waals surface area contributed by atoms with E-state index < -0.39 is 38.7 Å². The molecule has 0 aliphatic heterocycles. The van der Waals surface area contributed by atoms with E-state index in [1.54, 1.807) is 5.38 Å². The van der Waals surface area contributed by atoms with Gasteiger partial charge in [-0.15, -0.1) is 11.3 Å². The number of anilines is 1. The fraction of sp³-hybridized carbons (Fsp3) is 0.273. The van der Waals surface area contributed by atoms with E-state index in [9.17, 15) is 22.0 Å². The summed E-state index contributed by atoms with van der Waals surface area (Å²) >= 11 is 1.14. The van der Waals surface area contributed by atoms with Gasteiger partial charge in [-0.25, -0.2) is 22.2 Å². The fourth-order valence-electron chi connectivity index (χ4n) is 3.62. The van der Waals surface area contributed by atoms with Crippen LogP contribution in [0.1, 0.15) is 37.4 Å². The molecule has 0 spiro atoms. The van der Waals surface area contributed by atoms with Gasteiger partial charge in [0.2, 0.25) is 6.10 Å². The first kappa shape index (κ1) is 22.3. The molecule has 1 aliphatic rings. The lowest BCUT2D eigenvalue weighted by atomic mass is 10.1. The summed E-state index contributed by atoms with van der Waals surface area (Å²) in [6, 6.07) is 8.51. The molecule has 6 nitrogen and oxygen atoms in total. The lowest BCUT2D eigenvalue weighted by molar-refractivity contribution is -0.123. The normalized spacial score (nSPS) is 15.4. The van der Waals surface area contributed by atoms with Crippen molar-refractivity contribution < 1.29 is 26.7 Å². The first-order chi connectivity index (χ1) is 15.3.